The Hall–Kier alpha value is -1.60. The van der Waals surface area contributed by atoms with Crippen molar-refractivity contribution < 1.29 is 0 Å². The van der Waals surface area contributed by atoms with Crippen LogP contribution in [0.2, 0.25) is 0 Å². The minimum Gasteiger partial charge on any atom is -0.365 e. The minimum absolute atomic E-state index is 0.286. The van der Waals surface area contributed by atoms with Crippen molar-refractivity contribution in [1.82, 2.24) is 9.88 Å². The SMILES string of the molecule is CCN(CC)CC(C)Nc1nc2c(cc1C#N)CCC2. The third-order valence-electron chi connectivity index (χ3n) is 3.98. The number of fused-ring (bicyclic) bond motifs is 1. The van der Waals surface area contributed by atoms with Crippen molar-refractivity contribution >= 4 is 5.82 Å². The molecule has 2 rings (SSSR count). The Morgan fingerprint density at radius 1 is 1.40 bits per heavy atom. The lowest BCUT2D eigenvalue weighted by Gasteiger charge is -2.24. The Bertz CT molecular complexity index is 500. The number of anilines is 1. The van der Waals surface area contributed by atoms with E-state index in [0.29, 0.717) is 5.56 Å². The van der Waals surface area contributed by atoms with Crippen LogP contribution >= 0.6 is 0 Å². The van der Waals surface area contributed by atoms with E-state index in [1.807, 2.05) is 6.07 Å². The zero-order chi connectivity index (χ0) is 14.5. The van der Waals surface area contributed by atoms with E-state index in [1.54, 1.807) is 0 Å². The Labute approximate surface area is 121 Å². The fourth-order valence-corrected chi connectivity index (χ4v) is 2.82. The first-order valence-electron chi connectivity index (χ1n) is 7.59. The van der Waals surface area contributed by atoms with Crippen molar-refractivity contribution in [2.24, 2.45) is 0 Å². The first-order chi connectivity index (χ1) is 9.67. The van der Waals surface area contributed by atoms with Gasteiger partial charge in [-0.05, 0) is 50.9 Å². The van der Waals surface area contributed by atoms with Crippen LogP contribution in [-0.2, 0) is 12.8 Å². The standard InChI is InChI=1S/C16H24N4/c1-4-20(5-2)11-12(3)18-16-14(10-17)9-13-7-6-8-15(13)19-16/h9,12H,4-8,11H2,1-3H3,(H,18,19). The summed E-state index contributed by atoms with van der Waals surface area (Å²) in [5.41, 5.74) is 3.10. The Balaban J connectivity index is 2.11. The molecule has 1 heterocycles. The second-order valence-corrected chi connectivity index (χ2v) is 5.49. The molecule has 0 spiro atoms. The summed E-state index contributed by atoms with van der Waals surface area (Å²) in [7, 11) is 0. The molecule has 1 atom stereocenters. The molecule has 0 radical (unpaired) electrons. The monoisotopic (exact) mass is 272 g/mol. The summed E-state index contributed by atoms with van der Waals surface area (Å²) in [6.45, 7) is 9.55. The van der Waals surface area contributed by atoms with Gasteiger partial charge in [0.05, 0.1) is 5.56 Å². The van der Waals surface area contributed by atoms with E-state index in [-0.39, 0.29) is 6.04 Å². The molecule has 108 valence electrons. The summed E-state index contributed by atoms with van der Waals surface area (Å²) in [6, 6.07) is 4.58. The van der Waals surface area contributed by atoms with Gasteiger partial charge in [-0.2, -0.15) is 5.26 Å². The number of aromatic nitrogens is 1. The molecule has 1 aliphatic carbocycles. The van der Waals surface area contributed by atoms with Crippen molar-refractivity contribution in [2.75, 3.05) is 25.0 Å². The summed E-state index contributed by atoms with van der Waals surface area (Å²) in [4.78, 5) is 7.04. The average Bonchev–Trinajstić information content (AvgIpc) is 2.90. The molecular weight excluding hydrogens is 248 g/mol. The van der Waals surface area contributed by atoms with Gasteiger partial charge in [-0.15, -0.1) is 0 Å². The van der Waals surface area contributed by atoms with Gasteiger partial charge >= 0.3 is 0 Å². The second-order valence-electron chi connectivity index (χ2n) is 5.49. The molecule has 0 amide bonds. The van der Waals surface area contributed by atoms with E-state index in [4.69, 9.17) is 0 Å². The molecule has 4 nitrogen and oxygen atoms in total. The van der Waals surface area contributed by atoms with Gasteiger partial charge in [-0.25, -0.2) is 4.98 Å². The van der Waals surface area contributed by atoms with Crippen molar-refractivity contribution in [1.29, 1.82) is 5.26 Å². The van der Waals surface area contributed by atoms with Gasteiger partial charge in [0.15, 0.2) is 0 Å². The fourth-order valence-electron chi connectivity index (χ4n) is 2.82. The highest BCUT2D eigenvalue weighted by Crippen LogP contribution is 2.25. The van der Waals surface area contributed by atoms with Gasteiger partial charge in [0.1, 0.15) is 11.9 Å². The molecule has 1 aromatic rings. The lowest BCUT2D eigenvalue weighted by Crippen LogP contribution is -2.35. The molecule has 1 N–H and O–H groups in total. The topological polar surface area (TPSA) is 52.0 Å². The second kappa shape index (κ2) is 6.71. The van der Waals surface area contributed by atoms with Gasteiger partial charge in [-0.1, -0.05) is 13.8 Å². The van der Waals surface area contributed by atoms with Crippen LogP contribution in [0.15, 0.2) is 6.07 Å². The number of nitrogens with one attached hydrogen (secondary N) is 1. The summed E-state index contributed by atoms with van der Waals surface area (Å²) < 4.78 is 0. The largest absolute Gasteiger partial charge is 0.365 e. The molecule has 0 saturated carbocycles. The zero-order valence-corrected chi connectivity index (χ0v) is 12.7. The maximum Gasteiger partial charge on any atom is 0.144 e. The third-order valence-corrected chi connectivity index (χ3v) is 3.98. The molecule has 20 heavy (non-hydrogen) atoms. The van der Waals surface area contributed by atoms with Crippen LogP contribution in [0.4, 0.5) is 5.82 Å². The number of pyridine rings is 1. The molecule has 1 aliphatic rings. The fraction of sp³-hybridized carbons (Fsp3) is 0.625. The Kier molecular flexibility index (Phi) is 4.97. The third kappa shape index (κ3) is 3.29. The predicted molar refractivity (Wildman–Crippen MR) is 81.8 cm³/mol. The van der Waals surface area contributed by atoms with E-state index < -0.39 is 0 Å². The summed E-state index contributed by atoms with van der Waals surface area (Å²) >= 11 is 0. The molecule has 0 aromatic carbocycles. The van der Waals surface area contributed by atoms with Crippen LogP contribution in [0, 0.1) is 11.3 Å². The lowest BCUT2D eigenvalue weighted by molar-refractivity contribution is 0.294. The number of rotatable bonds is 6. The number of likely N-dealkylation sites (N-methyl/N-ethyl adjacent to an activating group) is 1. The molecular formula is C16H24N4. The zero-order valence-electron chi connectivity index (χ0n) is 12.7. The highest BCUT2D eigenvalue weighted by Gasteiger charge is 2.17. The molecule has 4 heteroatoms. The molecule has 0 saturated heterocycles. The van der Waals surface area contributed by atoms with Crippen molar-refractivity contribution in [3.05, 3.63) is 22.9 Å². The van der Waals surface area contributed by atoms with Crippen molar-refractivity contribution in [3.63, 3.8) is 0 Å². The van der Waals surface area contributed by atoms with Crippen molar-refractivity contribution in [2.45, 2.75) is 46.1 Å². The van der Waals surface area contributed by atoms with Gasteiger partial charge in [0, 0.05) is 18.3 Å². The highest BCUT2D eigenvalue weighted by atomic mass is 15.1. The van der Waals surface area contributed by atoms with Crippen LogP contribution in [0.3, 0.4) is 0 Å². The van der Waals surface area contributed by atoms with Crippen LogP contribution in [0.5, 0.6) is 0 Å². The quantitative estimate of drug-likeness (QED) is 0.865. The average molecular weight is 272 g/mol. The maximum absolute atomic E-state index is 9.30. The van der Waals surface area contributed by atoms with Crippen LogP contribution in [0.1, 0.15) is 44.0 Å². The Morgan fingerprint density at radius 3 is 2.80 bits per heavy atom. The summed E-state index contributed by atoms with van der Waals surface area (Å²) in [5.74, 6) is 0.757. The van der Waals surface area contributed by atoms with E-state index in [1.165, 1.54) is 11.3 Å². The van der Waals surface area contributed by atoms with Gasteiger partial charge in [0.2, 0.25) is 0 Å². The first-order valence-corrected chi connectivity index (χ1v) is 7.59. The van der Waals surface area contributed by atoms with Gasteiger partial charge in [0.25, 0.3) is 0 Å². The number of nitriles is 1. The Morgan fingerprint density at radius 2 is 2.15 bits per heavy atom. The van der Waals surface area contributed by atoms with Crippen molar-refractivity contribution in [3.8, 4) is 6.07 Å². The van der Waals surface area contributed by atoms with E-state index in [0.717, 1.165) is 44.7 Å². The van der Waals surface area contributed by atoms with Crippen LogP contribution in [0.25, 0.3) is 0 Å². The molecule has 1 aromatic heterocycles. The van der Waals surface area contributed by atoms with Gasteiger partial charge in [-0.3, -0.25) is 0 Å². The van der Waals surface area contributed by atoms with E-state index in [2.05, 4.69) is 42.0 Å². The number of aryl methyl sites for hydroxylation is 2. The minimum atomic E-state index is 0.286. The highest BCUT2D eigenvalue weighted by molar-refractivity contribution is 5.55. The van der Waals surface area contributed by atoms with Crippen LogP contribution in [-0.4, -0.2) is 35.6 Å². The molecule has 0 fully saturated rings. The predicted octanol–water partition coefficient (Wildman–Crippen LogP) is 2.58. The number of hydrogen-bond acceptors (Lipinski definition) is 4. The first kappa shape index (κ1) is 14.8. The van der Waals surface area contributed by atoms with E-state index >= 15 is 0 Å². The number of hydrogen-bond donors (Lipinski definition) is 1. The van der Waals surface area contributed by atoms with Gasteiger partial charge < -0.3 is 10.2 Å². The molecule has 1 unspecified atom stereocenters. The van der Waals surface area contributed by atoms with E-state index in [9.17, 15) is 5.26 Å². The van der Waals surface area contributed by atoms with Crippen LogP contribution < -0.4 is 5.32 Å². The molecule has 0 aliphatic heterocycles. The number of nitrogens with zero attached hydrogens (tertiary/aromatic N) is 3. The lowest BCUT2D eigenvalue weighted by atomic mass is 10.1. The normalized spacial score (nSPS) is 14.9. The smallest absolute Gasteiger partial charge is 0.144 e. The maximum atomic E-state index is 9.30. The summed E-state index contributed by atoms with van der Waals surface area (Å²) in [6.07, 6.45) is 3.26. The molecule has 0 bridgehead atoms. The summed E-state index contributed by atoms with van der Waals surface area (Å²) in [5, 5.41) is 12.7.